The van der Waals surface area contributed by atoms with Gasteiger partial charge in [-0.1, -0.05) is 48.0 Å². The Labute approximate surface area is 154 Å². The van der Waals surface area contributed by atoms with Gasteiger partial charge < -0.3 is 10.3 Å². The van der Waals surface area contributed by atoms with Gasteiger partial charge >= 0.3 is 0 Å². The van der Waals surface area contributed by atoms with Crippen LogP contribution in [0.3, 0.4) is 0 Å². The van der Waals surface area contributed by atoms with Gasteiger partial charge in [0.1, 0.15) is 11.5 Å². The van der Waals surface area contributed by atoms with Crippen molar-refractivity contribution in [2.45, 2.75) is 6.54 Å². The molecule has 0 saturated heterocycles. The van der Waals surface area contributed by atoms with E-state index >= 15 is 0 Å². The second-order valence-corrected chi connectivity index (χ2v) is 6.70. The quantitative estimate of drug-likeness (QED) is 0.446. The number of rotatable bonds is 3. The second-order valence-electron chi connectivity index (χ2n) is 6.26. The molecule has 5 rings (SSSR count). The third kappa shape index (κ3) is 2.47. The van der Waals surface area contributed by atoms with Crippen LogP contribution in [0.2, 0.25) is 5.02 Å². The maximum absolute atomic E-state index is 6.09. The summed E-state index contributed by atoms with van der Waals surface area (Å²) in [6.07, 6.45) is 3.68. The van der Waals surface area contributed by atoms with Crippen molar-refractivity contribution in [2.24, 2.45) is 0 Å². The summed E-state index contributed by atoms with van der Waals surface area (Å²) in [6, 6.07) is 18.1. The Morgan fingerprint density at radius 3 is 2.73 bits per heavy atom. The Bertz CT molecular complexity index is 1260. The lowest BCUT2D eigenvalue weighted by molar-refractivity contribution is 1.13. The molecule has 126 valence electrons. The van der Waals surface area contributed by atoms with Gasteiger partial charge in [-0.3, -0.25) is 4.98 Å². The number of nitrogens with zero attached hydrogens (tertiary/aromatic N) is 2. The van der Waals surface area contributed by atoms with Crippen molar-refractivity contribution in [2.75, 3.05) is 5.32 Å². The summed E-state index contributed by atoms with van der Waals surface area (Å²) in [5.41, 5.74) is 3.02. The average Bonchev–Trinajstić information content (AvgIpc) is 3.05. The van der Waals surface area contributed by atoms with Crippen molar-refractivity contribution >= 4 is 50.1 Å². The number of fused-ring (bicyclic) bond motifs is 5. The van der Waals surface area contributed by atoms with Crippen LogP contribution in [0, 0.1) is 0 Å². The van der Waals surface area contributed by atoms with E-state index in [1.165, 1.54) is 0 Å². The maximum atomic E-state index is 6.09. The molecule has 0 bridgehead atoms. The van der Waals surface area contributed by atoms with Gasteiger partial charge in [0.15, 0.2) is 0 Å². The van der Waals surface area contributed by atoms with E-state index in [2.05, 4.69) is 33.5 Å². The summed E-state index contributed by atoms with van der Waals surface area (Å²) in [5.74, 6) is 0.854. The van der Waals surface area contributed by atoms with Crippen molar-refractivity contribution in [3.05, 3.63) is 77.6 Å². The zero-order valence-electron chi connectivity index (χ0n) is 13.8. The highest BCUT2D eigenvalue weighted by Gasteiger charge is 2.13. The molecule has 2 N–H and O–H groups in total. The van der Waals surface area contributed by atoms with Crippen molar-refractivity contribution in [3.63, 3.8) is 0 Å². The number of benzene rings is 2. The largest absolute Gasteiger partial charge is 0.365 e. The molecule has 26 heavy (non-hydrogen) atoms. The normalized spacial score (nSPS) is 11.4. The van der Waals surface area contributed by atoms with Crippen molar-refractivity contribution < 1.29 is 0 Å². The van der Waals surface area contributed by atoms with Gasteiger partial charge in [0.25, 0.3) is 0 Å². The number of nitrogens with one attached hydrogen (secondary N) is 2. The molecule has 2 aromatic carbocycles. The molecule has 0 radical (unpaired) electrons. The van der Waals surface area contributed by atoms with Gasteiger partial charge in [-0.25, -0.2) is 4.98 Å². The highest BCUT2D eigenvalue weighted by molar-refractivity contribution is 6.30. The number of halogens is 1. The fourth-order valence-corrected chi connectivity index (χ4v) is 3.64. The van der Waals surface area contributed by atoms with Crippen molar-refractivity contribution in [1.82, 2.24) is 15.0 Å². The van der Waals surface area contributed by atoms with Crippen LogP contribution in [0.4, 0.5) is 5.82 Å². The Balaban J connectivity index is 1.68. The Kier molecular flexibility index (Phi) is 3.50. The second kappa shape index (κ2) is 6.00. The fraction of sp³-hybridized carbons (Fsp3) is 0.0476. The molecule has 0 aliphatic rings. The van der Waals surface area contributed by atoms with Crippen LogP contribution in [0.1, 0.15) is 5.56 Å². The van der Waals surface area contributed by atoms with Crippen LogP contribution in [-0.2, 0) is 6.54 Å². The predicted molar refractivity (Wildman–Crippen MR) is 108 cm³/mol. The molecule has 0 unspecified atom stereocenters. The minimum Gasteiger partial charge on any atom is -0.365 e. The number of aromatic nitrogens is 3. The van der Waals surface area contributed by atoms with E-state index in [4.69, 9.17) is 16.6 Å². The highest BCUT2D eigenvalue weighted by atomic mass is 35.5. The van der Waals surface area contributed by atoms with Crippen LogP contribution in [0.25, 0.3) is 32.7 Å². The summed E-state index contributed by atoms with van der Waals surface area (Å²) >= 11 is 6.09. The maximum Gasteiger partial charge on any atom is 0.141 e. The third-order valence-electron chi connectivity index (χ3n) is 4.60. The topological polar surface area (TPSA) is 53.6 Å². The first kappa shape index (κ1) is 15.2. The van der Waals surface area contributed by atoms with Gasteiger partial charge in [-0.05, 0) is 29.1 Å². The minimum absolute atomic E-state index is 0.658. The molecule has 0 aliphatic carbocycles. The molecule has 0 fully saturated rings. The van der Waals surface area contributed by atoms with Gasteiger partial charge in [0.2, 0.25) is 0 Å². The van der Waals surface area contributed by atoms with Crippen LogP contribution >= 0.6 is 11.6 Å². The zero-order valence-corrected chi connectivity index (χ0v) is 14.6. The number of pyridine rings is 2. The van der Waals surface area contributed by atoms with Gasteiger partial charge in [0, 0.05) is 40.1 Å². The van der Waals surface area contributed by atoms with Crippen molar-refractivity contribution in [3.8, 4) is 0 Å². The molecule has 0 saturated carbocycles. The van der Waals surface area contributed by atoms with E-state index in [-0.39, 0.29) is 0 Å². The van der Waals surface area contributed by atoms with E-state index in [9.17, 15) is 0 Å². The molecule has 0 amide bonds. The molecule has 4 nitrogen and oxygen atoms in total. The molecule has 5 heteroatoms. The summed E-state index contributed by atoms with van der Waals surface area (Å²) in [6.45, 7) is 0.658. The standard InChI is InChI=1S/C21H15ClN4/c22-14-5-3-4-13(10-14)11-24-20-16-7-2-1-6-15(16)19-17-12-23-9-8-18(17)25-21(19)26-20/h1-10,12H,11H2,(H2,24,25,26). The number of hydrogen-bond acceptors (Lipinski definition) is 3. The number of hydrogen-bond donors (Lipinski definition) is 2. The van der Waals surface area contributed by atoms with Crippen LogP contribution in [-0.4, -0.2) is 15.0 Å². The lowest BCUT2D eigenvalue weighted by atomic mass is 10.1. The van der Waals surface area contributed by atoms with Gasteiger partial charge in [-0.15, -0.1) is 0 Å². The fourth-order valence-electron chi connectivity index (χ4n) is 3.42. The van der Waals surface area contributed by atoms with Crippen LogP contribution < -0.4 is 5.32 Å². The molecule has 0 atom stereocenters. The first-order valence-electron chi connectivity index (χ1n) is 8.42. The highest BCUT2D eigenvalue weighted by Crippen LogP contribution is 2.34. The Morgan fingerprint density at radius 2 is 1.85 bits per heavy atom. The number of H-pyrrole nitrogens is 1. The predicted octanol–water partition coefficient (Wildman–Crippen LogP) is 5.53. The van der Waals surface area contributed by atoms with E-state index in [0.717, 1.165) is 49.1 Å². The smallest absolute Gasteiger partial charge is 0.141 e. The van der Waals surface area contributed by atoms with Gasteiger partial charge in [0.05, 0.1) is 5.52 Å². The van der Waals surface area contributed by atoms with Crippen molar-refractivity contribution in [1.29, 1.82) is 0 Å². The molecular weight excluding hydrogens is 344 g/mol. The minimum atomic E-state index is 0.658. The van der Waals surface area contributed by atoms with E-state index in [0.29, 0.717) is 6.54 Å². The zero-order chi connectivity index (χ0) is 17.5. The molecular formula is C21H15ClN4. The number of aromatic amines is 1. The summed E-state index contributed by atoms with van der Waals surface area (Å²) in [5, 5.41) is 8.65. The lowest BCUT2D eigenvalue weighted by Gasteiger charge is -2.10. The lowest BCUT2D eigenvalue weighted by Crippen LogP contribution is -2.02. The molecule has 3 aromatic heterocycles. The third-order valence-corrected chi connectivity index (χ3v) is 4.84. The number of anilines is 1. The SMILES string of the molecule is Clc1cccc(CNc2nc3[nH]c4ccncc4c3c3ccccc23)c1. The molecule has 5 aromatic rings. The molecule has 0 aliphatic heterocycles. The monoisotopic (exact) mass is 358 g/mol. The van der Waals surface area contributed by atoms with E-state index < -0.39 is 0 Å². The van der Waals surface area contributed by atoms with Crippen LogP contribution in [0.15, 0.2) is 67.0 Å². The van der Waals surface area contributed by atoms with E-state index in [1.54, 1.807) is 6.20 Å². The average molecular weight is 359 g/mol. The Hall–Kier alpha value is -3.11. The Morgan fingerprint density at radius 1 is 0.962 bits per heavy atom. The van der Waals surface area contributed by atoms with E-state index in [1.807, 2.05) is 42.6 Å². The van der Waals surface area contributed by atoms with Gasteiger partial charge in [-0.2, -0.15) is 0 Å². The molecule has 3 heterocycles. The summed E-state index contributed by atoms with van der Waals surface area (Å²) in [4.78, 5) is 12.5. The first-order valence-corrected chi connectivity index (χ1v) is 8.80. The van der Waals surface area contributed by atoms with Crippen LogP contribution in [0.5, 0.6) is 0 Å². The molecule has 0 spiro atoms. The first-order chi connectivity index (χ1) is 12.8. The summed E-state index contributed by atoms with van der Waals surface area (Å²) < 4.78 is 0. The summed E-state index contributed by atoms with van der Waals surface area (Å²) in [7, 11) is 0.